The molecule has 3 rings (SSSR count). The molecule has 1 atom stereocenters. The maximum atomic E-state index is 12.8. The highest BCUT2D eigenvalue weighted by Crippen LogP contribution is 2.32. The van der Waals surface area contributed by atoms with Crippen LogP contribution in [0.2, 0.25) is 5.02 Å². The molecular weight excluding hydrogens is 385 g/mol. The Balaban J connectivity index is 1.74. The molecule has 9 heteroatoms. The van der Waals surface area contributed by atoms with E-state index >= 15 is 0 Å². The topological polar surface area (TPSA) is 51.7 Å². The molecule has 144 valence electrons. The van der Waals surface area contributed by atoms with Gasteiger partial charge < -0.3 is 14.4 Å². The van der Waals surface area contributed by atoms with Gasteiger partial charge in [-0.15, -0.1) is 0 Å². The first kappa shape index (κ1) is 19.3. The maximum Gasteiger partial charge on any atom is 0.416 e. The lowest BCUT2D eigenvalue weighted by Gasteiger charge is -2.20. The Hall–Kier alpha value is -2.48. The molecule has 1 unspecified atom stereocenters. The number of rotatable bonds is 4. The van der Waals surface area contributed by atoms with E-state index in [2.05, 4.69) is 4.98 Å². The number of carbonyl (C=O) groups is 1. The molecule has 2 aromatic rings. The van der Waals surface area contributed by atoms with Gasteiger partial charge in [-0.2, -0.15) is 13.2 Å². The fraction of sp³-hybridized carbons (Fsp3) is 0.333. The van der Waals surface area contributed by atoms with E-state index in [1.165, 1.54) is 31.5 Å². The molecule has 0 N–H and O–H groups in total. The minimum atomic E-state index is -4.43. The number of alkyl halides is 3. The molecule has 2 heterocycles. The van der Waals surface area contributed by atoms with Gasteiger partial charge in [-0.25, -0.2) is 9.78 Å². The second-order valence-corrected chi connectivity index (χ2v) is 6.45. The van der Waals surface area contributed by atoms with Crippen LogP contribution < -0.4 is 9.64 Å². The van der Waals surface area contributed by atoms with Gasteiger partial charge in [-0.05, 0) is 24.3 Å². The van der Waals surface area contributed by atoms with Crippen molar-refractivity contribution in [3.8, 4) is 5.75 Å². The van der Waals surface area contributed by atoms with Gasteiger partial charge >= 0.3 is 12.1 Å². The van der Waals surface area contributed by atoms with Crippen LogP contribution in [0.15, 0.2) is 36.5 Å². The molecule has 1 saturated heterocycles. The molecule has 1 fully saturated rings. The van der Waals surface area contributed by atoms with Crippen molar-refractivity contribution in [2.24, 2.45) is 0 Å². The zero-order chi connectivity index (χ0) is 19.6. The molecule has 0 aliphatic carbocycles. The largest absolute Gasteiger partial charge is 0.489 e. The number of hydrogen-bond donors (Lipinski definition) is 0. The van der Waals surface area contributed by atoms with Crippen LogP contribution in [0.5, 0.6) is 5.75 Å². The number of esters is 1. The van der Waals surface area contributed by atoms with Crippen LogP contribution >= 0.6 is 11.6 Å². The van der Waals surface area contributed by atoms with Gasteiger partial charge in [0.2, 0.25) is 0 Å². The van der Waals surface area contributed by atoms with E-state index in [4.69, 9.17) is 21.1 Å². The Morgan fingerprint density at radius 1 is 1.33 bits per heavy atom. The average Bonchev–Trinajstić information content (AvgIpc) is 3.08. The highest BCUT2D eigenvalue weighted by molar-refractivity contribution is 6.30. The summed E-state index contributed by atoms with van der Waals surface area (Å²) in [7, 11) is 1.26. The maximum absolute atomic E-state index is 12.8. The lowest BCUT2D eigenvalue weighted by Crippen LogP contribution is -2.27. The van der Waals surface area contributed by atoms with E-state index in [-0.39, 0.29) is 17.4 Å². The number of ether oxygens (including phenoxy) is 2. The van der Waals surface area contributed by atoms with Gasteiger partial charge in [-0.3, -0.25) is 0 Å². The summed E-state index contributed by atoms with van der Waals surface area (Å²) in [5, 5.41) is 0.301. The molecule has 1 aromatic heterocycles. The predicted molar refractivity (Wildman–Crippen MR) is 93.3 cm³/mol. The van der Waals surface area contributed by atoms with Crippen molar-refractivity contribution in [3.05, 3.63) is 52.7 Å². The van der Waals surface area contributed by atoms with Gasteiger partial charge in [0, 0.05) is 19.2 Å². The summed E-state index contributed by atoms with van der Waals surface area (Å²) >= 11 is 5.91. The fourth-order valence-electron chi connectivity index (χ4n) is 2.90. The smallest absolute Gasteiger partial charge is 0.416 e. The van der Waals surface area contributed by atoms with E-state index in [1.807, 2.05) is 4.90 Å². The number of halogens is 4. The van der Waals surface area contributed by atoms with Crippen LogP contribution in [-0.4, -0.2) is 37.3 Å². The third kappa shape index (κ3) is 4.44. The second-order valence-electron chi connectivity index (χ2n) is 6.02. The first-order valence-electron chi connectivity index (χ1n) is 8.10. The molecule has 1 aliphatic heterocycles. The van der Waals surface area contributed by atoms with Gasteiger partial charge in [0.1, 0.15) is 23.2 Å². The van der Waals surface area contributed by atoms with Crippen LogP contribution in [0.1, 0.15) is 22.3 Å². The van der Waals surface area contributed by atoms with Crippen molar-refractivity contribution in [3.63, 3.8) is 0 Å². The number of pyridine rings is 1. The summed E-state index contributed by atoms with van der Waals surface area (Å²) in [5.41, 5.74) is -0.535. The van der Waals surface area contributed by atoms with Gasteiger partial charge in [0.25, 0.3) is 0 Å². The van der Waals surface area contributed by atoms with Crippen LogP contribution in [0.3, 0.4) is 0 Å². The van der Waals surface area contributed by atoms with Crippen molar-refractivity contribution in [1.82, 2.24) is 4.98 Å². The second kappa shape index (κ2) is 7.64. The molecule has 1 aromatic carbocycles. The first-order chi connectivity index (χ1) is 12.8. The van der Waals surface area contributed by atoms with E-state index in [0.29, 0.717) is 30.4 Å². The average molecular weight is 401 g/mol. The lowest BCUT2D eigenvalue weighted by atomic mass is 10.2. The summed E-state index contributed by atoms with van der Waals surface area (Å²) in [6.45, 7) is 0.900. The fourth-order valence-corrected chi connectivity index (χ4v) is 3.06. The quantitative estimate of drug-likeness (QED) is 0.720. The number of anilines is 1. The Morgan fingerprint density at radius 3 is 2.81 bits per heavy atom. The predicted octanol–water partition coefficient (Wildman–Crippen LogP) is 4.20. The number of aromatic nitrogens is 1. The van der Waals surface area contributed by atoms with Crippen LogP contribution in [0, 0.1) is 0 Å². The summed E-state index contributed by atoms with van der Waals surface area (Å²) in [5.74, 6) is -0.0161. The Bertz CT molecular complexity index is 845. The van der Waals surface area contributed by atoms with E-state index in [1.54, 1.807) is 0 Å². The summed E-state index contributed by atoms with van der Waals surface area (Å²) < 4.78 is 48.9. The Kier molecular flexibility index (Phi) is 5.46. The normalized spacial score (nSPS) is 17.1. The molecule has 5 nitrogen and oxygen atoms in total. The van der Waals surface area contributed by atoms with Crippen molar-refractivity contribution in [2.45, 2.75) is 18.7 Å². The molecule has 0 bridgehead atoms. The van der Waals surface area contributed by atoms with Crippen molar-refractivity contribution in [2.75, 3.05) is 25.1 Å². The molecule has 0 amide bonds. The number of hydrogen-bond acceptors (Lipinski definition) is 5. The van der Waals surface area contributed by atoms with E-state index < -0.39 is 17.7 Å². The summed E-state index contributed by atoms with van der Waals surface area (Å²) in [6.07, 6.45) is -2.77. The number of nitrogens with zero attached hydrogens (tertiary/aromatic N) is 2. The Morgan fingerprint density at radius 2 is 2.11 bits per heavy atom. The monoisotopic (exact) mass is 400 g/mol. The highest BCUT2D eigenvalue weighted by atomic mass is 35.5. The zero-order valence-electron chi connectivity index (χ0n) is 14.3. The standard InChI is InChI=1S/C18H16ClF3N2O3/c1-26-17(25)15-8-12(19)9-23-16(15)24-6-5-14(10-24)27-13-4-2-3-11(7-13)18(20,21)22/h2-4,7-9,14H,5-6,10H2,1H3. The molecule has 0 saturated carbocycles. The van der Waals surface area contributed by atoms with Gasteiger partial charge in [-0.1, -0.05) is 17.7 Å². The molecule has 0 spiro atoms. The summed E-state index contributed by atoms with van der Waals surface area (Å²) in [6, 6.07) is 6.23. The highest BCUT2D eigenvalue weighted by Gasteiger charge is 2.32. The molecular formula is C18H16ClF3N2O3. The molecule has 1 aliphatic rings. The minimum absolute atomic E-state index is 0.147. The molecule has 0 radical (unpaired) electrons. The summed E-state index contributed by atoms with van der Waals surface area (Å²) in [4.78, 5) is 18.0. The SMILES string of the molecule is COC(=O)c1cc(Cl)cnc1N1CCC(Oc2cccc(C(F)(F)F)c2)C1. The lowest BCUT2D eigenvalue weighted by molar-refractivity contribution is -0.137. The number of benzene rings is 1. The van der Waals surface area contributed by atoms with Crippen LogP contribution in [-0.2, 0) is 10.9 Å². The van der Waals surface area contributed by atoms with Crippen molar-refractivity contribution in [1.29, 1.82) is 0 Å². The van der Waals surface area contributed by atoms with Crippen LogP contribution in [0.4, 0.5) is 19.0 Å². The molecule has 27 heavy (non-hydrogen) atoms. The van der Waals surface area contributed by atoms with Gasteiger partial charge in [0.15, 0.2) is 0 Å². The minimum Gasteiger partial charge on any atom is -0.489 e. The third-order valence-electron chi connectivity index (χ3n) is 4.15. The van der Waals surface area contributed by atoms with Crippen molar-refractivity contribution < 1.29 is 27.4 Å². The number of methoxy groups -OCH3 is 1. The van der Waals surface area contributed by atoms with Crippen molar-refractivity contribution >= 4 is 23.4 Å². The van der Waals surface area contributed by atoms with E-state index in [9.17, 15) is 18.0 Å². The zero-order valence-corrected chi connectivity index (χ0v) is 15.0. The first-order valence-corrected chi connectivity index (χ1v) is 8.48. The van der Waals surface area contributed by atoms with Gasteiger partial charge in [0.05, 0.1) is 24.2 Å². The van der Waals surface area contributed by atoms with Crippen LogP contribution in [0.25, 0.3) is 0 Å². The third-order valence-corrected chi connectivity index (χ3v) is 4.35. The number of carbonyl (C=O) groups excluding carboxylic acids is 1. The van der Waals surface area contributed by atoms with E-state index in [0.717, 1.165) is 12.1 Å². The Labute approximate surface area is 158 Å².